The van der Waals surface area contributed by atoms with Gasteiger partial charge in [-0.05, 0) is 47.9 Å². The number of hydrogen-bond acceptors (Lipinski definition) is 1. The highest BCUT2D eigenvalue weighted by molar-refractivity contribution is 9.10. The lowest BCUT2D eigenvalue weighted by atomic mass is 9.96. The molecule has 0 saturated heterocycles. The lowest BCUT2D eigenvalue weighted by Crippen LogP contribution is -2.27. The molecule has 0 amide bonds. The smallest absolute Gasteiger partial charge is 0.128 e. The van der Waals surface area contributed by atoms with Crippen LogP contribution in [0.1, 0.15) is 52.6 Å². The minimum absolute atomic E-state index is 0.0810. The van der Waals surface area contributed by atoms with Gasteiger partial charge in [0.1, 0.15) is 5.82 Å². The Morgan fingerprint density at radius 3 is 2.35 bits per heavy atom. The molecule has 1 fully saturated rings. The molecule has 112 valence electrons. The minimum atomic E-state index is -0.111. The Morgan fingerprint density at radius 1 is 1.25 bits per heavy atom. The quantitative estimate of drug-likeness (QED) is 0.764. The molecule has 3 heteroatoms. The molecule has 1 saturated carbocycles. The first-order valence-electron chi connectivity index (χ1n) is 7.41. The normalized spacial score (nSPS) is 21.8. The zero-order valence-electron chi connectivity index (χ0n) is 13.1. The van der Waals surface area contributed by atoms with E-state index in [1.54, 1.807) is 12.1 Å². The maximum Gasteiger partial charge on any atom is 0.128 e. The summed E-state index contributed by atoms with van der Waals surface area (Å²) in [5, 5.41) is 3.57. The molecule has 1 N–H and O–H groups in total. The van der Waals surface area contributed by atoms with Crippen LogP contribution in [-0.4, -0.2) is 6.54 Å². The van der Waals surface area contributed by atoms with Crippen LogP contribution in [0.4, 0.5) is 4.39 Å². The first-order chi connectivity index (χ1) is 9.23. The Labute approximate surface area is 130 Å². The van der Waals surface area contributed by atoms with Gasteiger partial charge in [0.05, 0.1) is 0 Å². The molecule has 0 radical (unpaired) electrons. The van der Waals surface area contributed by atoms with E-state index in [4.69, 9.17) is 0 Å². The number of nitrogens with one attached hydrogen (secondary N) is 1. The van der Waals surface area contributed by atoms with Gasteiger partial charge < -0.3 is 5.32 Å². The molecule has 1 aromatic carbocycles. The van der Waals surface area contributed by atoms with E-state index in [9.17, 15) is 4.39 Å². The Morgan fingerprint density at radius 2 is 1.85 bits per heavy atom. The van der Waals surface area contributed by atoms with Gasteiger partial charge in [0.15, 0.2) is 0 Å². The van der Waals surface area contributed by atoms with Gasteiger partial charge in [-0.2, -0.15) is 0 Å². The van der Waals surface area contributed by atoms with E-state index in [0.717, 1.165) is 23.0 Å². The third kappa shape index (κ3) is 2.55. The topological polar surface area (TPSA) is 12.0 Å². The van der Waals surface area contributed by atoms with Crippen molar-refractivity contribution in [1.82, 2.24) is 5.32 Å². The molecule has 1 aliphatic carbocycles. The van der Waals surface area contributed by atoms with E-state index >= 15 is 0 Å². The summed E-state index contributed by atoms with van der Waals surface area (Å²) in [6.45, 7) is 12.2. The highest BCUT2D eigenvalue weighted by Gasteiger charge is 2.67. The van der Waals surface area contributed by atoms with Crippen molar-refractivity contribution in [2.45, 2.75) is 47.1 Å². The molecule has 0 bridgehead atoms. The second-order valence-corrected chi connectivity index (χ2v) is 7.93. The van der Waals surface area contributed by atoms with Gasteiger partial charge in [0.2, 0.25) is 0 Å². The Hall–Kier alpha value is -0.410. The third-order valence-corrected chi connectivity index (χ3v) is 5.87. The molecule has 0 aromatic heterocycles. The molecule has 0 spiro atoms. The largest absolute Gasteiger partial charge is 0.310 e. The van der Waals surface area contributed by atoms with E-state index in [2.05, 4.69) is 55.9 Å². The summed E-state index contributed by atoms with van der Waals surface area (Å²) in [7, 11) is 0. The average Bonchev–Trinajstić information content (AvgIpc) is 2.76. The lowest BCUT2D eigenvalue weighted by molar-refractivity contribution is 0.396. The Balaban J connectivity index is 2.37. The van der Waals surface area contributed by atoms with Crippen LogP contribution in [0.15, 0.2) is 22.7 Å². The third-order valence-electron chi connectivity index (χ3n) is 5.37. The molecule has 1 atom stereocenters. The van der Waals surface area contributed by atoms with Gasteiger partial charge in [-0.15, -0.1) is 0 Å². The predicted octanol–water partition coefficient (Wildman–Crippen LogP) is 5.31. The molecular formula is C17H25BrFN. The van der Waals surface area contributed by atoms with Gasteiger partial charge in [-0.25, -0.2) is 4.39 Å². The summed E-state index contributed by atoms with van der Waals surface area (Å²) < 4.78 is 15.2. The van der Waals surface area contributed by atoms with Crippen LogP contribution in [0.2, 0.25) is 0 Å². The molecule has 1 aliphatic rings. The van der Waals surface area contributed by atoms with E-state index < -0.39 is 0 Å². The second kappa shape index (κ2) is 5.42. The summed E-state index contributed by atoms with van der Waals surface area (Å²) in [5.74, 6) is 0.339. The van der Waals surface area contributed by atoms with Crippen molar-refractivity contribution in [2.75, 3.05) is 6.54 Å². The molecule has 2 rings (SSSR count). The summed E-state index contributed by atoms with van der Waals surface area (Å²) in [4.78, 5) is 0. The van der Waals surface area contributed by atoms with Crippen molar-refractivity contribution >= 4 is 15.9 Å². The zero-order chi connectivity index (χ0) is 15.1. The van der Waals surface area contributed by atoms with Crippen LogP contribution in [-0.2, 0) is 0 Å². The molecule has 20 heavy (non-hydrogen) atoms. The van der Waals surface area contributed by atoms with Crippen molar-refractivity contribution < 1.29 is 4.39 Å². The van der Waals surface area contributed by atoms with Crippen molar-refractivity contribution in [3.05, 3.63) is 34.1 Å². The van der Waals surface area contributed by atoms with Crippen LogP contribution >= 0.6 is 15.9 Å². The van der Waals surface area contributed by atoms with E-state index in [1.165, 1.54) is 0 Å². The summed E-state index contributed by atoms with van der Waals surface area (Å²) >= 11 is 3.46. The average molecular weight is 342 g/mol. The van der Waals surface area contributed by atoms with Crippen molar-refractivity contribution in [1.29, 1.82) is 0 Å². The van der Waals surface area contributed by atoms with Gasteiger partial charge in [0.25, 0.3) is 0 Å². The maximum absolute atomic E-state index is 14.3. The Bertz CT molecular complexity index is 482. The van der Waals surface area contributed by atoms with Crippen molar-refractivity contribution in [3.63, 3.8) is 0 Å². The maximum atomic E-state index is 14.3. The number of benzene rings is 1. The second-order valence-electron chi connectivity index (χ2n) is 7.02. The van der Waals surface area contributed by atoms with E-state index in [0.29, 0.717) is 5.92 Å². The first kappa shape index (κ1) is 16.0. The summed E-state index contributed by atoms with van der Waals surface area (Å²) in [5.41, 5.74) is 1.25. The van der Waals surface area contributed by atoms with E-state index in [-0.39, 0.29) is 22.7 Å². The molecule has 0 aliphatic heterocycles. The SMILES string of the molecule is CCCNC(c1cc(Br)ccc1F)C1C(C)(C)C1(C)C. The fourth-order valence-corrected chi connectivity index (χ4v) is 3.92. The highest BCUT2D eigenvalue weighted by Crippen LogP contribution is 2.72. The van der Waals surface area contributed by atoms with Crippen molar-refractivity contribution in [2.24, 2.45) is 16.7 Å². The van der Waals surface area contributed by atoms with Crippen LogP contribution in [0.5, 0.6) is 0 Å². The number of rotatable bonds is 5. The summed E-state index contributed by atoms with van der Waals surface area (Å²) in [6, 6.07) is 5.33. The van der Waals surface area contributed by atoms with Gasteiger partial charge >= 0.3 is 0 Å². The van der Waals surface area contributed by atoms with Crippen LogP contribution < -0.4 is 5.32 Å². The van der Waals surface area contributed by atoms with Crippen LogP contribution in [0, 0.1) is 22.6 Å². The van der Waals surface area contributed by atoms with E-state index in [1.807, 2.05) is 6.07 Å². The highest BCUT2D eigenvalue weighted by atomic mass is 79.9. The van der Waals surface area contributed by atoms with Gasteiger partial charge in [-0.3, -0.25) is 0 Å². The predicted molar refractivity (Wildman–Crippen MR) is 86.2 cm³/mol. The summed E-state index contributed by atoms with van der Waals surface area (Å²) in [6.07, 6.45) is 1.06. The fourth-order valence-electron chi connectivity index (χ4n) is 3.54. The fraction of sp³-hybridized carbons (Fsp3) is 0.647. The molecule has 1 unspecified atom stereocenters. The molecule has 1 nitrogen and oxygen atoms in total. The minimum Gasteiger partial charge on any atom is -0.310 e. The van der Waals surface area contributed by atoms with Crippen LogP contribution in [0.3, 0.4) is 0 Å². The molecular weight excluding hydrogens is 317 g/mol. The van der Waals surface area contributed by atoms with Crippen molar-refractivity contribution in [3.8, 4) is 0 Å². The van der Waals surface area contributed by atoms with Gasteiger partial charge in [-0.1, -0.05) is 50.5 Å². The van der Waals surface area contributed by atoms with Gasteiger partial charge in [0, 0.05) is 16.1 Å². The Kier molecular flexibility index (Phi) is 4.32. The zero-order valence-corrected chi connectivity index (χ0v) is 14.6. The molecule has 1 aromatic rings. The first-order valence-corrected chi connectivity index (χ1v) is 8.21. The standard InChI is InChI=1S/C17H25BrFN/c1-6-9-20-14(15-16(2,3)17(15,4)5)12-10-11(18)7-8-13(12)19/h7-8,10,14-15,20H,6,9H2,1-5H3. The number of hydrogen-bond donors (Lipinski definition) is 1. The monoisotopic (exact) mass is 341 g/mol. The number of halogens is 2. The molecule has 0 heterocycles. The van der Waals surface area contributed by atoms with Crippen LogP contribution in [0.25, 0.3) is 0 Å². The lowest BCUT2D eigenvalue weighted by Gasteiger charge is -2.22.